The highest BCUT2D eigenvalue weighted by molar-refractivity contribution is 5.56. The van der Waals surface area contributed by atoms with Crippen molar-refractivity contribution in [2.45, 2.75) is 39.2 Å². The van der Waals surface area contributed by atoms with Crippen molar-refractivity contribution in [3.05, 3.63) is 47.8 Å². The maximum absolute atomic E-state index is 5.45. The van der Waals surface area contributed by atoms with Gasteiger partial charge in [0.15, 0.2) is 0 Å². The Morgan fingerprint density at radius 3 is 2.43 bits per heavy atom. The number of nitrogen functional groups attached to an aromatic ring is 1. The Hall–Kier alpha value is -2.14. The maximum Gasteiger partial charge on any atom is 0.148 e. The number of hydrazine groups is 1. The number of benzene rings is 1. The molecule has 5 heteroatoms. The van der Waals surface area contributed by atoms with Crippen molar-refractivity contribution in [1.29, 1.82) is 0 Å². The third kappa shape index (κ3) is 4.16. The van der Waals surface area contributed by atoms with E-state index in [0.29, 0.717) is 5.82 Å². The van der Waals surface area contributed by atoms with Gasteiger partial charge in [0.05, 0.1) is 0 Å². The maximum atomic E-state index is 5.45. The molecule has 0 spiro atoms. The zero-order valence-corrected chi connectivity index (χ0v) is 12.9. The summed E-state index contributed by atoms with van der Waals surface area (Å²) in [5, 5.41) is 3.48. The fourth-order valence-corrected chi connectivity index (χ4v) is 2.21. The summed E-state index contributed by atoms with van der Waals surface area (Å²) in [5.41, 5.74) is 4.79. The Labute approximate surface area is 126 Å². The van der Waals surface area contributed by atoms with E-state index in [1.165, 1.54) is 11.9 Å². The predicted molar refractivity (Wildman–Crippen MR) is 87.0 cm³/mol. The third-order valence-corrected chi connectivity index (χ3v) is 3.56. The standard InChI is InChI=1S/C16H23N5/c1-12-14(18-11-19-15(12)21-17)20-16(2,3)10-9-13-7-5-4-6-8-13/h4-8,11H,9-10,17H2,1-3H3,(H2,18,19,20,21). The highest BCUT2D eigenvalue weighted by atomic mass is 15.3. The molecule has 0 radical (unpaired) electrons. The summed E-state index contributed by atoms with van der Waals surface area (Å²) in [5.74, 6) is 6.91. The number of hydrogen-bond donors (Lipinski definition) is 3. The molecular formula is C16H23N5. The molecule has 0 aliphatic heterocycles. The van der Waals surface area contributed by atoms with E-state index in [1.807, 2.05) is 13.0 Å². The van der Waals surface area contributed by atoms with Crippen LogP contribution in [0.25, 0.3) is 0 Å². The van der Waals surface area contributed by atoms with Gasteiger partial charge in [0, 0.05) is 11.1 Å². The van der Waals surface area contributed by atoms with Crippen LogP contribution in [0.5, 0.6) is 0 Å². The Bertz CT molecular complexity index is 580. The summed E-state index contributed by atoms with van der Waals surface area (Å²) in [6.45, 7) is 6.30. The number of rotatable bonds is 6. The Kier molecular flexibility index (Phi) is 4.75. The first-order chi connectivity index (χ1) is 10.0. The molecule has 0 amide bonds. The highest BCUT2D eigenvalue weighted by Crippen LogP contribution is 2.23. The molecule has 1 aromatic carbocycles. The fraction of sp³-hybridized carbons (Fsp3) is 0.375. The molecule has 0 bridgehead atoms. The summed E-state index contributed by atoms with van der Waals surface area (Å²) >= 11 is 0. The molecule has 112 valence electrons. The number of hydrogen-bond acceptors (Lipinski definition) is 5. The SMILES string of the molecule is Cc1c(NN)ncnc1NC(C)(C)CCc1ccccc1. The van der Waals surface area contributed by atoms with Gasteiger partial charge in [-0.15, -0.1) is 0 Å². The first-order valence-corrected chi connectivity index (χ1v) is 7.12. The lowest BCUT2D eigenvalue weighted by Gasteiger charge is -2.28. The summed E-state index contributed by atoms with van der Waals surface area (Å²) in [6, 6.07) is 10.5. The van der Waals surface area contributed by atoms with Crippen LogP contribution >= 0.6 is 0 Å². The molecule has 0 saturated carbocycles. The molecule has 5 nitrogen and oxygen atoms in total. The molecule has 2 aromatic rings. The highest BCUT2D eigenvalue weighted by Gasteiger charge is 2.19. The zero-order chi connectivity index (χ0) is 15.3. The summed E-state index contributed by atoms with van der Waals surface area (Å²) in [7, 11) is 0. The fourth-order valence-electron chi connectivity index (χ4n) is 2.21. The lowest BCUT2D eigenvalue weighted by Crippen LogP contribution is -2.32. The number of nitrogens with one attached hydrogen (secondary N) is 2. The van der Waals surface area contributed by atoms with E-state index in [-0.39, 0.29) is 5.54 Å². The van der Waals surface area contributed by atoms with Crippen LogP contribution in [0.3, 0.4) is 0 Å². The van der Waals surface area contributed by atoms with Crippen LogP contribution in [0.4, 0.5) is 11.6 Å². The first kappa shape index (κ1) is 15.3. The Morgan fingerprint density at radius 1 is 1.10 bits per heavy atom. The van der Waals surface area contributed by atoms with Crippen LogP contribution < -0.4 is 16.6 Å². The Balaban J connectivity index is 2.03. The van der Waals surface area contributed by atoms with Gasteiger partial charge in [-0.1, -0.05) is 30.3 Å². The van der Waals surface area contributed by atoms with Gasteiger partial charge in [-0.2, -0.15) is 0 Å². The van der Waals surface area contributed by atoms with E-state index < -0.39 is 0 Å². The number of nitrogens with two attached hydrogens (primary N) is 1. The topological polar surface area (TPSA) is 75.9 Å². The monoisotopic (exact) mass is 285 g/mol. The second kappa shape index (κ2) is 6.54. The molecule has 21 heavy (non-hydrogen) atoms. The average Bonchev–Trinajstić information content (AvgIpc) is 2.48. The van der Waals surface area contributed by atoms with E-state index in [1.54, 1.807) is 0 Å². The second-order valence-corrected chi connectivity index (χ2v) is 5.83. The second-order valence-electron chi connectivity index (χ2n) is 5.83. The van der Waals surface area contributed by atoms with Gasteiger partial charge in [0.1, 0.15) is 18.0 Å². The van der Waals surface area contributed by atoms with E-state index in [2.05, 4.69) is 58.8 Å². The molecule has 0 aliphatic carbocycles. The minimum atomic E-state index is -0.0686. The smallest absolute Gasteiger partial charge is 0.148 e. The Morgan fingerprint density at radius 2 is 1.76 bits per heavy atom. The molecule has 0 fully saturated rings. The summed E-state index contributed by atoms with van der Waals surface area (Å²) in [6.07, 6.45) is 3.54. The van der Waals surface area contributed by atoms with E-state index >= 15 is 0 Å². The molecule has 1 heterocycles. The van der Waals surface area contributed by atoms with Crippen LogP contribution in [-0.4, -0.2) is 15.5 Å². The third-order valence-electron chi connectivity index (χ3n) is 3.56. The minimum Gasteiger partial charge on any atom is -0.365 e. The van der Waals surface area contributed by atoms with Crippen LogP contribution in [0.15, 0.2) is 36.7 Å². The molecular weight excluding hydrogens is 262 g/mol. The van der Waals surface area contributed by atoms with E-state index in [0.717, 1.165) is 24.2 Å². The van der Waals surface area contributed by atoms with Gasteiger partial charge in [0.2, 0.25) is 0 Å². The van der Waals surface area contributed by atoms with E-state index in [4.69, 9.17) is 5.84 Å². The number of anilines is 2. The van der Waals surface area contributed by atoms with Crippen molar-refractivity contribution >= 4 is 11.6 Å². The van der Waals surface area contributed by atoms with E-state index in [9.17, 15) is 0 Å². The summed E-state index contributed by atoms with van der Waals surface area (Å²) in [4.78, 5) is 8.40. The number of aryl methyl sites for hydroxylation is 1. The van der Waals surface area contributed by atoms with Crippen LogP contribution in [0, 0.1) is 6.92 Å². The van der Waals surface area contributed by atoms with Gasteiger partial charge in [-0.25, -0.2) is 15.8 Å². The van der Waals surface area contributed by atoms with Crippen LogP contribution in [-0.2, 0) is 6.42 Å². The molecule has 1 aromatic heterocycles. The largest absolute Gasteiger partial charge is 0.365 e. The lowest BCUT2D eigenvalue weighted by molar-refractivity contribution is 0.516. The number of aromatic nitrogens is 2. The van der Waals surface area contributed by atoms with Crippen LogP contribution in [0.2, 0.25) is 0 Å². The van der Waals surface area contributed by atoms with Crippen molar-refractivity contribution in [1.82, 2.24) is 9.97 Å². The predicted octanol–water partition coefficient (Wildman–Crippen LogP) is 2.89. The van der Waals surface area contributed by atoms with Gasteiger partial charge in [0.25, 0.3) is 0 Å². The molecule has 4 N–H and O–H groups in total. The molecule has 0 aliphatic rings. The van der Waals surface area contributed by atoms with Crippen molar-refractivity contribution in [3.8, 4) is 0 Å². The number of nitrogens with zero attached hydrogens (tertiary/aromatic N) is 2. The van der Waals surface area contributed by atoms with Gasteiger partial charge in [-0.05, 0) is 39.2 Å². The van der Waals surface area contributed by atoms with Gasteiger partial charge >= 0.3 is 0 Å². The molecule has 2 rings (SSSR count). The van der Waals surface area contributed by atoms with Crippen molar-refractivity contribution in [2.75, 3.05) is 10.7 Å². The minimum absolute atomic E-state index is 0.0686. The van der Waals surface area contributed by atoms with Crippen molar-refractivity contribution in [3.63, 3.8) is 0 Å². The first-order valence-electron chi connectivity index (χ1n) is 7.12. The average molecular weight is 285 g/mol. The van der Waals surface area contributed by atoms with Crippen LogP contribution in [0.1, 0.15) is 31.4 Å². The molecule has 0 saturated heterocycles. The van der Waals surface area contributed by atoms with Crippen molar-refractivity contribution in [2.24, 2.45) is 5.84 Å². The van der Waals surface area contributed by atoms with Crippen molar-refractivity contribution < 1.29 is 0 Å². The lowest BCUT2D eigenvalue weighted by atomic mass is 9.95. The van der Waals surface area contributed by atoms with Gasteiger partial charge in [-0.3, -0.25) is 0 Å². The molecule has 0 atom stereocenters. The van der Waals surface area contributed by atoms with Gasteiger partial charge < -0.3 is 10.7 Å². The normalized spacial score (nSPS) is 11.2. The zero-order valence-electron chi connectivity index (χ0n) is 12.9. The summed E-state index contributed by atoms with van der Waals surface area (Å²) < 4.78 is 0. The quantitative estimate of drug-likeness (QED) is 0.562. The molecule has 0 unspecified atom stereocenters.